The van der Waals surface area contributed by atoms with Crippen LogP contribution in [0.3, 0.4) is 0 Å². The van der Waals surface area contributed by atoms with Crippen LogP contribution >= 0.6 is 0 Å². The Kier molecular flexibility index (Phi) is 8.86. The van der Waals surface area contributed by atoms with Gasteiger partial charge in [-0.25, -0.2) is 0 Å². The standard InChI is InChI=1S/C12H22N2O4/c1-10(2)12(18)13-5-3-6-14(8-9-15)7-4-11(16)17/h15H,1,3-9H2,2H3,(H,13,18)(H,16,17). The largest absolute Gasteiger partial charge is 0.481 e. The van der Waals surface area contributed by atoms with Crippen LogP contribution in [0.4, 0.5) is 0 Å². The zero-order chi connectivity index (χ0) is 14.0. The molecule has 3 N–H and O–H groups in total. The molecule has 0 saturated carbocycles. The van der Waals surface area contributed by atoms with Gasteiger partial charge in [0.1, 0.15) is 0 Å². The van der Waals surface area contributed by atoms with Gasteiger partial charge in [0.25, 0.3) is 0 Å². The number of rotatable bonds is 10. The Morgan fingerprint density at radius 2 is 1.94 bits per heavy atom. The van der Waals surface area contributed by atoms with Crippen LogP contribution in [0, 0.1) is 0 Å². The number of carbonyl (C=O) groups excluding carboxylic acids is 1. The van der Waals surface area contributed by atoms with Gasteiger partial charge in [0.2, 0.25) is 5.91 Å². The predicted octanol–water partition coefficient (Wildman–Crippen LogP) is -0.162. The third kappa shape index (κ3) is 8.72. The molecule has 0 aromatic rings. The van der Waals surface area contributed by atoms with Gasteiger partial charge in [0.05, 0.1) is 13.0 Å². The highest BCUT2D eigenvalue weighted by molar-refractivity contribution is 5.91. The molecular weight excluding hydrogens is 236 g/mol. The topological polar surface area (TPSA) is 89.9 Å². The van der Waals surface area contributed by atoms with Crippen LogP contribution in [0.25, 0.3) is 0 Å². The van der Waals surface area contributed by atoms with Gasteiger partial charge in [-0.05, 0) is 19.9 Å². The molecule has 0 heterocycles. The molecule has 0 aliphatic carbocycles. The van der Waals surface area contributed by atoms with Crippen LogP contribution < -0.4 is 5.32 Å². The lowest BCUT2D eigenvalue weighted by Gasteiger charge is -2.20. The molecule has 0 aliphatic rings. The number of aliphatic carboxylic acids is 1. The number of hydrogen-bond acceptors (Lipinski definition) is 4. The second-order valence-corrected chi connectivity index (χ2v) is 4.10. The third-order valence-corrected chi connectivity index (χ3v) is 2.38. The van der Waals surface area contributed by atoms with Crippen LogP contribution in [0.1, 0.15) is 19.8 Å². The summed E-state index contributed by atoms with van der Waals surface area (Å²) in [5, 5.41) is 20.1. The van der Waals surface area contributed by atoms with Crippen molar-refractivity contribution >= 4 is 11.9 Å². The van der Waals surface area contributed by atoms with Crippen molar-refractivity contribution in [1.29, 1.82) is 0 Å². The molecule has 0 aromatic heterocycles. The minimum absolute atomic E-state index is 0.00224. The normalized spacial score (nSPS) is 10.4. The van der Waals surface area contributed by atoms with Crippen molar-refractivity contribution in [3.63, 3.8) is 0 Å². The fourth-order valence-corrected chi connectivity index (χ4v) is 1.39. The smallest absolute Gasteiger partial charge is 0.304 e. The SMILES string of the molecule is C=C(C)C(=O)NCCCN(CCO)CCC(=O)O. The van der Waals surface area contributed by atoms with E-state index in [1.807, 2.05) is 4.90 Å². The molecule has 0 spiro atoms. The maximum atomic E-state index is 11.2. The molecule has 0 aromatic carbocycles. The number of nitrogens with one attached hydrogen (secondary N) is 1. The van der Waals surface area contributed by atoms with E-state index in [4.69, 9.17) is 10.2 Å². The maximum absolute atomic E-state index is 11.2. The molecular formula is C12H22N2O4. The molecule has 6 nitrogen and oxygen atoms in total. The van der Waals surface area contributed by atoms with E-state index in [-0.39, 0.29) is 18.9 Å². The molecule has 0 saturated heterocycles. The number of hydrogen-bond donors (Lipinski definition) is 3. The summed E-state index contributed by atoms with van der Waals surface area (Å²) < 4.78 is 0. The fourth-order valence-electron chi connectivity index (χ4n) is 1.39. The molecule has 0 rings (SSSR count). The molecule has 6 heteroatoms. The van der Waals surface area contributed by atoms with Crippen LogP contribution in [-0.4, -0.2) is 59.8 Å². The Balaban J connectivity index is 3.79. The first-order valence-corrected chi connectivity index (χ1v) is 5.96. The first-order chi connectivity index (χ1) is 8.47. The summed E-state index contributed by atoms with van der Waals surface area (Å²) in [4.78, 5) is 23.5. The van der Waals surface area contributed by atoms with E-state index in [1.54, 1.807) is 6.92 Å². The molecule has 1 amide bonds. The number of nitrogens with zero attached hydrogens (tertiary/aromatic N) is 1. The van der Waals surface area contributed by atoms with Crippen LogP contribution in [-0.2, 0) is 9.59 Å². The zero-order valence-electron chi connectivity index (χ0n) is 10.8. The Hall–Kier alpha value is -1.40. The average molecular weight is 258 g/mol. The number of amides is 1. The fraction of sp³-hybridized carbons (Fsp3) is 0.667. The second-order valence-electron chi connectivity index (χ2n) is 4.10. The average Bonchev–Trinajstić information content (AvgIpc) is 2.30. The molecule has 0 unspecified atom stereocenters. The van der Waals surface area contributed by atoms with Gasteiger partial charge < -0.3 is 20.4 Å². The van der Waals surface area contributed by atoms with Crippen LogP contribution in [0.15, 0.2) is 12.2 Å². The second kappa shape index (κ2) is 9.61. The van der Waals surface area contributed by atoms with Crippen molar-refractivity contribution in [2.24, 2.45) is 0 Å². The van der Waals surface area contributed by atoms with Gasteiger partial charge in [-0.15, -0.1) is 0 Å². The van der Waals surface area contributed by atoms with Crippen molar-refractivity contribution < 1.29 is 19.8 Å². The minimum Gasteiger partial charge on any atom is -0.481 e. The summed E-state index contributed by atoms with van der Waals surface area (Å²) >= 11 is 0. The summed E-state index contributed by atoms with van der Waals surface area (Å²) in [6.45, 7) is 7.17. The van der Waals surface area contributed by atoms with Gasteiger partial charge in [-0.3, -0.25) is 9.59 Å². The first kappa shape index (κ1) is 16.6. The van der Waals surface area contributed by atoms with Crippen LogP contribution in [0.5, 0.6) is 0 Å². The Morgan fingerprint density at radius 1 is 1.28 bits per heavy atom. The highest BCUT2D eigenvalue weighted by Crippen LogP contribution is 1.94. The number of carboxylic acids is 1. The highest BCUT2D eigenvalue weighted by atomic mass is 16.4. The summed E-state index contributed by atoms with van der Waals surface area (Å²) in [5.74, 6) is -1.03. The van der Waals surface area contributed by atoms with Gasteiger partial charge in [0.15, 0.2) is 0 Å². The predicted molar refractivity (Wildman–Crippen MR) is 68.2 cm³/mol. The zero-order valence-corrected chi connectivity index (χ0v) is 10.8. The van der Waals surface area contributed by atoms with Gasteiger partial charge in [-0.1, -0.05) is 6.58 Å². The van der Waals surface area contributed by atoms with E-state index >= 15 is 0 Å². The van der Waals surface area contributed by atoms with Crippen molar-refractivity contribution in [2.45, 2.75) is 19.8 Å². The number of aliphatic hydroxyl groups is 1. The number of carbonyl (C=O) groups is 2. The highest BCUT2D eigenvalue weighted by Gasteiger charge is 2.07. The maximum Gasteiger partial charge on any atom is 0.304 e. The molecule has 18 heavy (non-hydrogen) atoms. The van der Waals surface area contributed by atoms with E-state index in [0.717, 1.165) is 0 Å². The Bertz CT molecular complexity index is 292. The van der Waals surface area contributed by atoms with Crippen molar-refractivity contribution in [3.05, 3.63) is 12.2 Å². The summed E-state index contributed by atoms with van der Waals surface area (Å²) in [5.41, 5.74) is 0.466. The van der Waals surface area contributed by atoms with Gasteiger partial charge >= 0.3 is 5.97 Å². The van der Waals surface area contributed by atoms with Crippen molar-refractivity contribution in [3.8, 4) is 0 Å². The Labute approximate surface area is 107 Å². The van der Waals surface area contributed by atoms with Crippen LogP contribution in [0.2, 0.25) is 0 Å². The molecule has 104 valence electrons. The number of carboxylic acid groups (broad SMARTS) is 1. The minimum atomic E-state index is -0.853. The quantitative estimate of drug-likeness (QED) is 0.374. The molecule has 0 bridgehead atoms. The van der Waals surface area contributed by atoms with Gasteiger partial charge in [0, 0.05) is 25.2 Å². The van der Waals surface area contributed by atoms with Crippen molar-refractivity contribution in [2.75, 3.05) is 32.8 Å². The summed E-state index contributed by atoms with van der Waals surface area (Å²) in [6.07, 6.45) is 0.761. The molecule has 0 aliphatic heterocycles. The van der Waals surface area contributed by atoms with Gasteiger partial charge in [-0.2, -0.15) is 0 Å². The van der Waals surface area contributed by atoms with Crippen molar-refractivity contribution in [1.82, 2.24) is 10.2 Å². The lowest BCUT2D eigenvalue weighted by Crippen LogP contribution is -2.33. The lowest BCUT2D eigenvalue weighted by atomic mass is 10.3. The molecule has 0 atom stereocenters. The summed E-state index contributed by atoms with van der Waals surface area (Å²) in [6, 6.07) is 0. The van der Waals surface area contributed by atoms with E-state index in [2.05, 4.69) is 11.9 Å². The van der Waals surface area contributed by atoms with E-state index in [0.29, 0.717) is 38.2 Å². The Morgan fingerprint density at radius 3 is 2.44 bits per heavy atom. The third-order valence-electron chi connectivity index (χ3n) is 2.38. The first-order valence-electron chi connectivity index (χ1n) is 5.96. The lowest BCUT2D eigenvalue weighted by molar-refractivity contribution is -0.137. The molecule has 0 radical (unpaired) electrons. The summed E-state index contributed by atoms with van der Waals surface area (Å²) in [7, 11) is 0. The van der Waals surface area contributed by atoms with E-state index < -0.39 is 5.97 Å². The number of aliphatic hydroxyl groups excluding tert-OH is 1. The van der Waals surface area contributed by atoms with E-state index in [1.165, 1.54) is 0 Å². The van der Waals surface area contributed by atoms with E-state index in [9.17, 15) is 9.59 Å². The molecule has 0 fully saturated rings. The monoisotopic (exact) mass is 258 g/mol.